The van der Waals surface area contributed by atoms with Gasteiger partial charge in [-0.15, -0.1) is 0 Å². The Hall–Kier alpha value is -3.03. The van der Waals surface area contributed by atoms with Crippen molar-refractivity contribution in [1.82, 2.24) is 4.98 Å². The number of anilines is 3. The van der Waals surface area contributed by atoms with Crippen LogP contribution in [0.2, 0.25) is 5.02 Å². The number of pyridine rings is 1. The largest absolute Gasteiger partial charge is 0.377 e. The number of hydrogen-bond donors (Lipinski definition) is 3. The van der Waals surface area contributed by atoms with Crippen molar-refractivity contribution in [1.29, 1.82) is 0 Å². The molecule has 0 unspecified atom stereocenters. The zero-order valence-corrected chi connectivity index (χ0v) is 20.6. The van der Waals surface area contributed by atoms with Crippen LogP contribution in [0, 0.1) is 5.92 Å². The van der Waals surface area contributed by atoms with Gasteiger partial charge in [0.25, 0.3) is 0 Å². The fraction of sp³-hybridized carbons (Fsp3) is 0.385. The molecule has 2 aromatic carbocycles. The minimum Gasteiger partial charge on any atom is -0.377 e. The third-order valence-corrected chi connectivity index (χ3v) is 6.95. The van der Waals surface area contributed by atoms with E-state index in [1.165, 1.54) is 0 Å². The van der Waals surface area contributed by atoms with Crippen LogP contribution in [-0.2, 0) is 6.54 Å². The molecule has 3 aromatic rings. The number of rotatable bonds is 7. The molecule has 180 valence electrons. The summed E-state index contributed by atoms with van der Waals surface area (Å²) in [6.45, 7) is 0.835. The van der Waals surface area contributed by atoms with Gasteiger partial charge in [-0.25, -0.2) is 9.78 Å². The van der Waals surface area contributed by atoms with Gasteiger partial charge in [-0.1, -0.05) is 41.9 Å². The first-order valence-electron chi connectivity index (χ1n) is 11.8. The Balaban J connectivity index is 1.43. The summed E-state index contributed by atoms with van der Waals surface area (Å²) in [5.74, 6) is 1.24. The molecule has 4 rings (SSSR count). The third-order valence-electron chi connectivity index (χ3n) is 6.64. The molecule has 0 spiro atoms. The molecule has 1 aliphatic rings. The standard InChI is InChI=1S/C26H33ClN6O/c1-32(2)23-14-24(31-22-9-4-3-7-20(22)23)30-19-12-10-17(11-13-19)16-33(26(29)34)25-18(15-28)6-5-8-21(25)27/h3-9,14,17,19H,10-13,15-16,28H2,1-2H3,(H2,29,34)(H,30,31)/t17-,19+. The van der Waals surface area contributed by atoms with Crippen molar-refractivity contribution in [3.63, 3.8) is 0 Å². The summed E-state index contributed by atoms with van der Waals surface area (Å²) < 4.78 is 0. The third kappa shape index (κ3) is 5.21. The molecule has 0 saturated heterocycles. The van der Waals surface area contributed by atoms with Crippen LogP contribution in [0.5, 0.6) is 0 Å². The fourth-order valence-electron chi connectivity index (χ4n) is 4.88. The number of fused-ring (bicyclic) bond motifs is 1. The fourth-order valence-corrected chi connectivity index (χ4v) is 5.17. The molecule has 1 fully saturated rings. The second-order valence-corrected chi connectivity index (χ2v) is 9.61. The maximum Gasteiger partial charge on any atom is 0.319 e. The number of nitrogens with zero attached hydrogens (tertiary/aromatic N) is 3. The number of aromatic nitrogens is 1. The van der Waals surface area contributed by atoms with Gasteiger partial charge in [0.05, 0.1) is 16.2 Å². The summed E-state index contributed by atoms with van der Waals surface area (Å²) in [5.41, 5.74) is 15.2. The molecule has 1 aromatic heterocycles. The van der Waals surface area contributed by atoms with E-state index < -0.39 is 6.03 Å². The molecular weight excluding hydrogens is 448 g/mol. The second kappa shape index (κ2) is 10.5. The Morgan fingerprint density at radius 1 is 1.12 bits per heavy atom. The van der Waals surface area contributed by atoms with Crippen LogP contribution in [0.4, 0.5) is 22.0 Å². The Bertz CT molecular complexity index is 1160. The van der Waals surface area contributed by atoms with Crippen molar-refractivity contribution in [3.05, 3.63) is 59.1 Å². The highest BCUT2D eigenvalue weighted by Gasteiger charge is 2.27. The van der Waals surface area contributed by atoms with Crippen LogP contribution in [0.25, 0.3) is 10.9 Å². The normalized spacial score (nSPS) is 18.0. The zero-order valence-electron chi connectivity index (χ0n) is 19.8. The Kier molecular flexibility index (Phi) is 7.44. The molecule has 1 aliphatic carbocycles. The van der Waals surface area contributed by atoms with Crippen LogP contribution < -0.4 is 26.6 Å². The quantitative estimate of drug-likeness (QED) is 0.443. The summed E-state index contributed by atoms with van der Waals surface area (Å²) in [5, 5.41) is 5.28. The minimum absolute atomic E-state index is 0.296. The first-order chi connectivity index (χ1) is 16.4. The molecule has 0 bridgehead atoms. The van der Waals surface area contributed by atoms with Crippen molar-refractivity contribution in [2.24, 2.45) is 17.4 Å². The van der Waals surface area contributed by atoms with Crippen LogP contribution in [0.1, 0.15) is 31.2 Å². The van der Waals surface area contributed by atoms with E-state index in [0.29, 0.717) is 35.8 Å². The van der Waals surface area contributed by atoms with Gasteiger partial charge < -0.3 is 21.7 Å². The van der Waals surface area contributed by atoms with Crippen LogP contribution >= 0.6 is 11.6 Å². The predicted molar refractivity (Wildman–Crippen MR) is 142 cm³/mol. The van der Waals surface area contributed by atoms with Gasteiger partial charge in [-0.3, -0.25) is 4.90 Å². The predicted octanol–water partition coefficient (Wildman–Crippen LogP) is 4.97. The van der Waals surface area contributed by atoms with E-state index in [2.05, 4.69) is 36.4 Å². The molecule has 1 saturated carbocycles. The van der Waals surface area contributed by atoms with Crippen molar-refractivity contribution in [2.75, 3.05) is 35.8 Å². The molecule has 0 atom stereocenters. The Morgan fingerprint density at radius 2 is 1.85 bits per heavy atom. The van der Waals surface area contributed by atoms with E-state index in [4.69, 9.17) is 28.1 Å². The van der Waals surface area contributed by atoms with Crippen LogP contribution in [0.15, 0.2) is 48.5 Å². The van der Waals surface area contributed by atoms with E-state index >= 15 is 0 Å². The number of primary amides is 1. The highest BCUT2D eigenvalue weighted by Crippen LogP contribution is 2.34. The van der Waals surface area contributed by atoms with Crippen LogP contribution in [-0.4, -0.2) is 37.7 Å². The summed E-state index contributed by atoms with van der Waals surface area (Å²) >= 11 is 6.43. The smallest absolute Gasteiger partial charge is 0.319 e. The van der Waals surface area contributed by atoms with Crippen molar-refractivity contribution in [2.45, 2.75) is 38.3 Å². The molecule has 8 heteroatoms. The number of nitrogens with two attached hydrogens (primary N) is 2. The first-order valence-corrected chi connectivity index (χ1v) is 12.1. The van der Waals surface area contributed by atoms with Gasteiger partial charge in [0, 0.05) is 50.4 Å². The average molecular weight is 481 g/mol. The molecule has 2 amide bonds. The molecule has 0 aliphatic heterocycles. The number of urea groups is 1. The maximum atomic E-state index is 12.3. The van der Waals surface area contributed by atoms with Crippen molar-refractivity contribution in [3.8, 4) is 0 Å². The van der Waals surface area contributed by atoms with E-state index in [-0.39, 0.29) is 0 Å². The summed E-state index contributed by atoms with van der Waals surface area (Å²) in [4.78, 5) is 20.9. The van der Waals surface area contributed by atoms with E-state index in [0.717, 1.165) is 53.7 Å². The van der Waals surface area contributed by atoms with E-state index in [9.17, 15) is 4.79 Å². The number of benzene rings is 2. The van der Waals surface area contributed by atoms with Gasteiger partial charge in [-0.05, 0) is 49.3 Å². The van der Waals surface area contributed by atoms with Gasteiger partial charge in [0.1, 0.15) is 5.82 Å². The van der Waals surface area contributed by atoms with Gasteiger partial charge in [-0.2, -0.15) is 0 Å². The lowest BCUT2D eigenvalue weighted by atomic mass is 9.85. The van der Waals surface area contributed by atoms with E-state index in [1.54, 1.807) is 11.0 Å². The lowest BCUT2D eigenvalue weighted by Gasteiger charge is -2.33. The molecule has 5 N–H and O–H groups in total. The number of carbonyl (C=O) groups is 1. The highest BCUT2D eigenvalue weighted by molar-refractivity contribution is 6.34. The number of amides is 2. The van der Waals surface area contributed by atoms with Crippen LogP contribution in [0.3, 0.4) is 0 Å². The van der Waals surface area contributed by atoms with Gasteiger partial charge in [0.15, 0.2) is 0 Å². The number of hydrogen-bond acceptors (Lipinski definition) is 5. The highest BCUT2D eigenvalue weighted by atomic mass is 35.5. The van der Waals surface area contributed by atoms with Crippen molar-refractivity contribution < 1.29 is 4.79 Å². The summed E-state index contributed by atoms with van der Waals surface area (Å²) in [6, 6.07) is 15.7. The average Bonchev–Trinajstić information content (AvgIpc) is 2.83. The monoisotopic (exact) mass is 480 g/mol. The van der Waals surface area contributed by atoms with Crippen molar-refractivity contribution >= 4 is 45.7 Å². The number of nitrogens with one attached hydrogen (secondary N) is 1. The minimum atomic E-state index is -0.500. The topological polar surface area (TPSA) is 101 Å². The Labute approximate surface area is 206 Å². The summed E-state index contributed by atoms with van der Waals surface area (Å²) in [7, 11) is 4.10. The lowest BCUT2D eigenvalue weighted by Crippen LogP contribution is -2.41. The summed E-state index contributed by atoms with van der Waals surface area (Å²) in [6.07, 6.45) is 3.96. The number of carbonyl (C=O) groups excluding carboxylic acids is 1. The lowest BCUT2D eigenvalue weighted by molar-refractivity contribution is 0.250. The second-order valence-electron chi connectivity index (χ2n) is 9.20. The molecule has 34 heavy (non-hydrogen) atoms. The number of halogens is 1. The zero-order chi connectivity index (χ0) is 24.2. The molecule has 0 radical (unpaired) electrons. The molecule has 1 heterocycles. The Morgan fingerprint density at radius 3 is 2.53 bits per heavy atom. The van der Waals surface area contributed by atoms with Gasteiger partial charge in [0.2, 0.25) is 0 Å². The molecular formula is C26H33ClN6O. The first kappa shape index (κ1) is 24.1. The number of para-hydroxylation sites is 2. The molecule has 7 nitrogen and oxygen atoms in total. The van der Waals surface area contributed by atoms with E-state index in [1.807, 2.05) is 30.3 Å². The van der Waals surface area contributed by atoms with Gasteiger partial charge >= 0.3 is 6.03 Å². The SMILES string of the molecule is CN(C)c1cc(N[C@H]2CC[C@@H](CN(C(N)=O)c3c(Cl)cccc3CN)CC2)nc2ccccc12. The maximum absolute atomic E-state index is 12.3.